The maximum absolute atomic E-state index is 14.8. The number of nitrogens with zero attached hydrogens (tertiary/aromatic N) is 10. The maximum Gasteiger partial charge on any atom is 0.225 e. The van der Waals surface area contributed by atoms with Crippen molar-refractivity contribution in [3.8, 4) is 17.3 Å². The number of benzene rings is 1. The molecule has 5 heterocycles. The SMILES string of the molecule is COCCOc1ccc(N2CCN(CCn3ncc4c3nc(N)n3nc(-c5nccnc5C)nc43)CC2)c(F)c1. The number of anilines is 2. The standard InChI is InChI=1S/C26H30FN11O2/c1-17-22(30-6-5-29-17)23-32-25-19-16-31-37(24(19)33-26(28)38(25)34-23)12-9-35-7-10-36(11-8-35)21-4-3-18(15-20(21)27)40-14-13-39-2/h3-6,15-16H,7-14H2,1-2H3,(H2,28,33). The quantitative estimate of drug-likeness (QED) is 0.270. The highest BCUT2D eigenvalue weighted by atomic mass is 19.1. The second kappa shape index (κ2) is 11.0. The Hall–Kier alpha value is -4.43. The second-order valence-corrected chi connectivity index (χ2v) is 9.52. The van der Waals surface area contributed by atoms with Crippen LogP contribution in [0.1, 0.15) is 5.69 Å². The third-order valence-corrected chi connectivity index (χ3v) is 7.01. The van der Waals surface area contributed by atoms with Gasteiger partial charge in [-0.25, -0.2) is 19.0 Å². The van der Waals surface area contributed by atoms with Crippen LogP contribution in [0.5, 0.6) is 5.75 Å². The van der Waals surface area contributed by atoms with E-state index in [9.17, 15) is 4.39 Å². The molecule has 13 nitrogen and oxygen atoms in total. The molecule has 1 saturated heterocycles. The highest BCUT2D eigenvalue weighted by Gasteiger charge is 2.22. The van der Waals surface area contributed by atoms with E-state index in [-0.39, 0.29) is 11.8 Å². The van der Waals surface area contributed by atoms with Gasteiger partial charge in [-0.3, -0.25) is 9.88 Å². The molecule has 0 saturated carbocycles. The topological polar surface area (TPSA) is 138 Å². The van der Waals surface area contributed by atoms with Gasteiger partial charge in [-0.05, 0) is 19.1 Å². The van der Waals surface area contributed by atoms with Crippen LogP contribution >= 0.6 is 0 Å². The predicted octanol–water partition coefficient (Wildman–Crippen LogP) is 1.81. The van der Waals surface area contributed by atoms with E-state index in [1.54, 1.807) is 37.8 Å². The third kappa shape index (κ3) is 4.98. The minimum atomic E-state index is -0.285. The summed E-state index contributed by atoms with van der Waals surface area (Å²) in [5.41, 5.74) is 9.38. The van der Waals surface area contributed by atoms with Crippen LogP contribution in [0.4, 0.5) is 16.0 Å². The van der Waals surface area contributed by atoms with E-state index in [2.05, 4.69) is 39.9 Å². The number of nitrogens with two attached hydrogens (primary N) is 1. The first kappa shape index (κ1) is 25.8. The molecule has 1 aromatic carbocycles. The van der Waals surface area contributed by atoms with E-state index in [1.165, 1.54) is 10.6 Å². The monoisotopic (exact) mass is 547 g/mol. The van der Waals surface area contributed by atoms with Gasteiger partial charge in [0.25, 0.3) is 0 Å². The Morgan fingerprint density at radius 1 is 1.00 bits per heavy atom. The molecule has 0 unspecified atom stereocenters. The highest BCUT2D eigenvalue weighted by molar-refractivity contribution is 5.90. The van der Waals surface area contributed by atoms with Crippen molar-refractivity contribution in [3.05, 3.63) is 48.3 Å². The fraction of sp³-hybridized carbons (Fsp3) is 0.385. The van der Waals surface area contributed by atoms with Gasteiger partial charge < -0.3 is 20.1 Å². The van der Waals surface area contributed by atoms with Crippen LogP contribution in [0.15, 0.2) is 36.8 Å². The molecular formula is C26H30FN11O2. The third-order valence-electron chi connectivity index (χ3n) is 7.01. The van der Waals surface area contributed by atoms with E-state index in [1.807, 2.05) is 11.6 Å². The summed E-state index contributed by atoms with van der Waals surface area (Å²) in [5.74, 6) is 0.866. The number of hydrogen-bond acceptors (Lipinski definition) is 11. The molecular weight excluding hydrogens is 517 g/mol. The normalized spacial score (nSPS) is 14.4. The van der Waals surface area contributed by atoms with Crippen molar-refractivity contribution >= 4 is 28.3 Å². The van der Waals surface area contributed by atoms with Gasteiger partial charge in [-0.15, -0.1) is 5.10 Å². The molecule has 2 N–H and O–H groups in total. The number of fused-ring (bicyclic) bond motifs is 3. The van der Waals surface area contributed by atoms with Crippen LogP contribution in [0.25, 0.3) is 28.2 Å². The average molecular weight is 548 g/mol. The van der Waals surface area contributed by atoms with Gasteiger partial charge >= 0.3 is 0 Å². The fourth-order valence-corrected chi connectivity index (χ4v) is 4.87. The molecule has 40 heavy (non-hydrogen) atoms. The Morgan fingerprint density at radius 3 is 2.60 bits per heavy atom. The van der Waals surface area contributed by atoms with Crippen LogP contribution in [0, 0.1) is 12.7 Å². The maximum atomic E-state index is 14.8. The second-order valence-electron chi connectivity index (χ2n) is 9.52. The van der Waals surface area contributed by atoms with E-state index in [0.717, 1.165) is 43.8 Å². The molecule has 1 aliphatic heterocycles. The van der Waals surface area contributed by atoms with Gasteiger partial charge in [0.2, 0.25) is 11.8 Å². The van der Waals surface area contributed by atoms with Gasteiger partial charge in [0.05, 0.1) is 36.1 Å². The number of piperazine rings is 1. The number of rotatable bonds is 9. The Balaban J connectivity index is 1.11. The molecule has 0 amide bonds. The molecule has 0 radical (unpaired) electrons. The van der Waals surface area contributed by atoms with Gasteiger partial charge in [-0.1, -0.05) is 0 Å². The lowest BCUT2D eigenvalue weighted by atomic mass is 10.2. The molecule has 5 aromatic rings. The van der Waals surface area contributed by atoms with Crippen molar-refractivity contribution in [2.24, 2.45) is 0 Å². The van der Waals surface area contributed by atoms with Crippen molar-refractivity contribution in [1.29, 1.82) is 0 Å². The van der Waals surface area contributed by atoms with Gasteiger partial charge in [0, 0.05) is 58.3 Å². The van der Waals surface area contributed by atoms with E-state index in [0.29, 0.717) is 54.0 Å². The van der Waals surface area contributed by atoms with Crippen LogP contribution in [-0.4, -0.2) is 97.3 Å². The number of methoxy groups -OCH3 is 1. The van der Waals surface area contributed by atoms with Crippen molar-refractivity contribution in [3.63, 3.8) is 0 Å². The first-order chi connectivity index (χ1) is 19.5. The first-order valence-electron chi connectivity index (χ1n) is 13.1. The minimum absolute atomic E-state index is 0.218. The molecule has 0 spiro atoms. The number of hydrogen-bond donors (Lipinski definition) is 1. The largest absolute Gasteiger partial charge is 0.491 e. The summed E-state index contributed by atoms with van der Waals surface area (Å²) in [6, 6.07) is 5.01. The Labute approximate surface area is 229 Å². The summed E-state index contributed by atoms with van der Waals surface area (Å²) in [6.07, 6.45) is 4.97. The van der Waals surface area contributed by atoms with E-state index in [4.69, 9.17) is 15.2 Å². The molecule has 0 atom stereocenters. The van der Waals surface area contributed by atoms with Crippen LogP contribution in [0.3, 0.4) is 0 Å². The Morgan fingerprint density at radius 2 is 1.82 bits per heavy atom. The van der Waals surface area contributed by atoms with Gasteiger partial charge in [-0.2, -0.15) is 14.6 Å². The smallest absolute Gasteiger partial charge is 0.225 e. The summed E-state index contributed by atoms with van der Waals surface area (Å²) in [7, 11) is 1.60. The zero-order valence-corrected chi connectivity index (χ0v) is 22.4. The van der Waals surface area contributed by atoms with Crippen molar-refractivity contribution < 1.29 is 13.9 Å². The molecule has 0 bridgehead atoms. The van der Waals surface area contributed by atoms with Gasteiger partial charge in [0.15, 0.2) is 11.3 Å². The lowest BCUT2D eigenvalue weighted by Gasteiger charge is -2.36. The summed E-state index contributed by atoms with van der Waals surface area (Å²) in [5, 5.41) is 9.83. The molecule has 208 valence electrons. The van der Waals surface area contributed by atoms with Crippen molar-refractivity contribution in [1.82, 2.24) is 44.2 Å². The molecule has 6 rings (SSSR count). The van der Waals surface area contributed by atoms with Crippen LogP contribution in [-0.2, 0) is 11.3 Å². The predicted molar refractivity (Wildman–Crippen MR) is 147 cm³/mol. The number of nitrogen functional groups attached to an aromatic ring is 1. The molecule has 1 fully saturated rings. The van der Waals surface area contributed by atoms with E-state index < -0.39 is 0 Å². The number of ether oxygens (including phenoxy) is 2. The molecule has 0 aliphatic carbocycles. The lowest BCUT2D eigenvalue weighted by Crippen LogP contribution is -2.47. The van der Waals surface area contributed by atoms with Crippen LogP contribution in [0.2, 0.25) is 0 Å². The van der Waals surface area contributed by atoms with Crippen molar-refractivity contribution in [2.75, 3.05) is 63.7 Å². The average Bonchev–Trinajstić information content (AvgIpc) is 3.58. The molecule has 14 heteroatoms. The molecule has 4 aromatic heterocycles. The number of aryl methyl sites for hydroxylation is 1. The first-order valence-corrected chi connectivity index (χ1v) is 13.1. The number of halogens is 1. The zero-order valence-electron chi connectivity index (χ0n) is 22.4. The number of aromatic nitrogens is 8. The van der Waals surface area contributed by atoms with E-state index >= 15 is 0 Å². The fourth-order valence-electron chi connectivity index (χ4n) is 4.87. The summed E-state index contributed by atoms with van der Waals surface area (Å²) in [4.78, 5) is 22.3. The highest BCUT2D eigenvalue weighted by Crippen LogP contribution is 2.26. The summed E-state index contributed by atoms with van der Waals surface area (Å²) < 4.78 is 28.6. The van der Waals surface area contributed by atoms with Crippen molar-refractivity contribution in [2.45, 2.75) is 13.5 Å². The Kier molecular flexibility index (Phi) is 7.09. The molecule has 1 aliphatic rings. The Bertz CT molecular complexity index is 1650. The summed E-state index contributed by atoms with van der Waals surface area (Å²) >= 11 is 0. The van der Waals surface area contributed by atoms with Gasteiger partial charge in [0.1, 0.15) is 23.9 Å². The van der Waals surface area contributed by atoms with Crippen LogP contribution < -0.4 is 15.4 Å². The summed E-state index contributed by atoms with van der Waals surface area (Å²) in [6.45, 7) is 7.13. The zero-order chi connectivity index (χ0) is 27.6. The lowest BCUT2D eigenvalue weighted by molar-refractivity contribution is 0.146. The minimum Gasteiger partial charge on any atom is -0.491 e.